The summed E-state index contributed by atoms with van der Waals surface area (Å²) in [4.78, 5) is 18.1. The first-order valence-electron chi connectivity index (χ1n) is 17.5. The second-order valence-corrected chi connectivity index (χ2v) is 13.5. The van der Waals surface area contributed by atoms with Gasteiger partial charge in [-0.2, -0.15) is 9.97 Å². The Morgan fingerprint density at radius 2 is 1.22 bits per heavy atom. The molecule has 2 aliphatic heterocycles. The van der Waals surface area contributed by atoms with Crippen LogP contribution in [0.3, 0.4) is 0 Å². The number of ether oxygens (including phenoxy) is 1. The SMILES string of the molecule is C1=CC2C3C(=c4c(c5ccccc5n4-c4ccccc4)=C4c5ccccc5OC43)N(c3nc(-c4ccccc4)nc(-c4ccccc4)n3)[C@@H]2C=C1. The van der Waals surface area contributed by atoms with E-state index in [-0.39, 0.29) is 24.0 Å². The first-order valence-corrected chi connectivity index (χ1v) is 17.5. The van der Waals surface area contributed by atoms with Crippen LogP contribution in [0.25, 0.3) is 50.6 Å². The Morgan fingerprint density at radius 1 is 0.588 bits per heavy atom. The lowest BCUT2D eigenvalue weighted by Crippen LogP contribution is -2.47. The van der Waals surface area contributed by atoms with Crippen LogP contribution < -0.4 is 20.2 Å². The molecule has 0 saturated carbocycles. The number of anilines is 1. The normalized spacial score (nSPS) is 20.8. The quantitative estimate of drug-likeness (QED) is 0.197. The maximum Gasteiger partial charge on any atom is 0.234 e. The summed E-state index contributed by atoms with van der Waals surface area (Å²) in [5.41, 5.74) is 7.76. The molecule has 2 aliphatic carbocycles. The van der Waals surface area contributed by atoms with Crippen LogP contribution in [0.1, 0.15) is 5.56 Å². The van der Waals surface area contributed by atoms with Gasteiger partial charge in [-0.25, -0.2) is 4.98 Å². The molecule has 1 saturated heterocycles. The first kappa shape index (κ1) is 28.3. The summed E-state index contributed by atoms with van der Waals surface area (Å²) in [5, 5.41) is 3.58. The van der Waals surface area contributed by atoms with E-state index in [1.165, 1.54) is 27.4 Å². The summed E-state index contributed by atoms with van der Waals surface area (Å²) >= 11 is 0. The Hall–Kier alpha value is -6.53. The standard InChI is InChI=1S/C45H31N5O/c1-4-16-28(17-5-1)43-46-44(29-18-6-2-7-19-29)48-45(47-43)50-35-26-14-11-23-32(35)39-41(50)40-37(38-33-24-12-15-27-36(33)51-42(38)39)31-22-10-13-25-34(31)49(40)30-20-8-3-9-21-30/h1-27,32,35,39,42H/t32?,35-,39?,42?/m1/s1. The van der Waals surface area contributed by atoms with Gasteiger partial charge < -0.3 is 14.2 Å². The maximum absolute atomic E-state index is 7.06. The molecule has 4 aliphatic rings. The van der Waals surface area contributed by atoms with Crippen LogP contribution in [0.2, 0.25) is 0 Å². The summed E-state index contributed by atoms with van der Waals surface area (Å²) in [7, 11) is 0. The second-order valence-electron chi connectivity index (χ2n) is 13.5. The molecule has 3 unspecified atom stereocenters. The zero-order valence-electron chi connectivity index (χ0n) is 27.5. The van der Waals surface area contributed by atoms with Gasteiger partial charge in [0.15, 0.2) is 11.6 Å². The molecule has 0 amide bonds. The lowest BCUT2D eigenvalue weighted by atomic mass is 9.77. The van der Waals surface area contributed by atoms with E-state index in [0.717, 1.165) is 33.4 Å². The van der Waals surface area contributed by atoms with Crippen molar-refractivity contribution < 1.29 is 4.74 Å². The van der Waals surface area contributed by atoms with E-state index < -0.39 is 0 Å². The molecule has 7 aromatic rings. The predicted molar refractivity (Wildman–Crippen MR) is 202 cm³/mol. The Labute approximate surface area is 294 Å². The van der Waals surface area contributed by atoms with Crippen molar-refractivity contribution in [1.82, 2.24) is 19.5 Å². The first-order chi connectivity index (χ1) is 25.3. The van der Waals surface area contributed by atoms with Gasteiger partial charge in [0, 0.05) is 44.5 Å². The maximum atomic E-state index is 7.06. The molecule has 11 rings (SSSR count). The van der Waals surface area contributed by atoms with Crippen molar-refractivity contribution in [3.05, 3.63) is 180 Å². The van der Waals surface area contributed by atoms with E-state index in [9.17, 15) is 0 Å². The molecule has 0 bridgehead atoms. The van der Waals surface area contributed by atoms with E-state index in [1.807, 2.05) is 36.4 Å². The fourth-order valence-electron chi connectivity index (χ4n) is 8.74. The van der Waals surface area contributed by atoms with E-state index in [4.69, 9.17) is 19.7 Å². The highest BCUT2D eigenvalue weighted by molar-refractivity contribution is 5.94. The third-order valence-corrected chi connectivity index (χ3v) is 10.8. The van der Waals surface area contributed by atoms with Crippen molar-refractivity contribution in [3.63, 3.8) is 0 Å². The monoisotopic (exact) mass is 657 g/mol. The van der Waals surface area contributed by atoms with Crippen LogP contribution in [0, 0.1) is 11.8 Å². The molecule has 0 radical (unpaired) electrons. The van der Waals surface area contributed by atoms with Gasteiger partial charge in [0.2, 0.25) is 5.95 Å². The molecule has 51 heavy (non-hydrogen) atoms. The molecule has 2 aromatic heterocycles. The summed E-state index contributed by atoms with van der Waals surface area (Å²) in [6.07, 6.45) is 8.83. The van der Waals surface area contributed by atoms with Crippen LogP contribution in [-0.2, 0) is 0 Å². The van der Waals surface area contributed by atoms with Crippen molar-refractivity contribution >= 4 is 28.1 Å². The Bertz CT molecular complexity index is 2640. The van der Waals surface area contributed by atoms with Crippen molar-refractivity contribution in [1.29, 1.82) is 0 Å². The molecule has 5 aromatic carbocycles. The molecule has 242 valence electrons. The van der Waals surface area contributed by atoms with E-state index in [0.29, 0.717) is 17.6 Å². The Balaban J connectivity index is 1.31. The van der Waals surface area contributed by atoms with E-state index in [2.05, 4.69) is 137 Å². The number of allylic oxidation sites excluding steroid dienone is 2. The summed E-state index contributed by atoms with van der Waals surface area (Å²) in [6, 6.07) is 48.4. The number of hydrogen-bond donors (Lipinski definition) is 0. The van der Waals surface area contributed by atoms with E-state index in [1.54, 1.807) is 0 Å². The van der Waals surface area contributed by atoms with Gasteiger partial charge in [0.05, 0.1) is 28.5 Å². The average Bonchev–Trinajstić information content (AvgIpc) is 3.87. The Morgan fingerprint density at radius 3 is 1.96 bits per heavy atom. The topological polar surface area (TPSA) is 56.1 Å². The van der Waals surface area contributed by atoms with Crippen molar-refractivity contribution in [3.8, 4) is 34.2 Å². The number of fused-ring (bicyclic) bond motifs is 10. The second kappa shape index (κ2) is 11.0. The lowest BCUT2D eigenvalue weighted by molar-refractivity contribution is 0.210. The minimum Gasteiger partial charge on any atom is -0.484 e. The van der Waals surface area contributed by atoms with Gasteiger partial charge in [-0.05, 0) is 24.3 Å². The van der Waals surface area contributed by atoms with Crippen LogP contribution >= 0.6 is 0 Å². The molecular weight excluding hydrogens is 627 g/mol. The number of aromatic nitrogens is 4. The predicted octanol–water partition coefficient (Wildman–Crippen LogP) is 7.48. The number of rotatable bonds is 4. The van der Waals surface area contributed by atoms with Gasteiger partial charge in [-0.15, -0.1) is 0 Å². The number of benzene rings is 5. The molecule has 1 fully saturated rings. The minimum absolute atomic E-state index is 0.00464. The smallest absolute Gasteiger partial charge is 0.234 e. The molecule has 0 spiro atoms. The fraction of sp³-hybridized carbons (Fsp3) is 0.0889. The highest BCUT2D eigenvalue weighted by Gasteiger charge is 2.55. The molecular formula is C45H31N5O. The summed E-state index contributed by atoms with van der Waals surface area (Å²) in [5.74, 6) is 2.97. The number of para-hydroxylation sites is 3. The van der Waals surface area contributed by atoms with E-state index >= 15 is 0 Å². The molecule has 0 N–H and O–H groups in total. The third-order valence-electron chi connectivity index (χ3n) is 10.8. The number of nitrogens with zero attached hydrogens (tertiary/aromatic N) is 5. The van der Waals surface area contributed by atoms with Crippen LogP contribution in [0.4, 0.5) is 5.95 Å². The zero-order valence-corrected chi connectivity index (χ0v) is 27.5. The van der Waals surface area contributed by atoms with Crippen LogP contribution in [0.5, 0.6) is 5.75 Å². The van der Waals surface area contributed by atoms with Crippen LogP contribution in [-0.4, -0.2) is 31.7 Å². The Kier molecular flexibility index (Phi) is 6.10. The van der Waals surface area contributed by atoms with Crippen molar-refractivity contribution in [2.45, 2.75) is 12.1 Å². The van der Waals surface area contributed by atoms with Crippen LogP contribution in [0.15, 0.2) is 164 Å². The summed E-state index contributed by atoms with van der Waals surface area (Å²) < 4.78 is 9.51. The van der Waals surface area contributed by atoms with Gasteiger partial charge in [-0.1, -0.05) is 140 Å². The van der Waals surface area contributed by atoms with Gasteiger partial charge >= 0.3 is 0 Å². The van der Waals surface area contributed by atoms with Gasteiger partial charge in [0.25, 0.3) is 0 Å². The molecule has 6 heteroatoms. The van der Waals surface area contributed by atoms with Gasteiger partial charge in [-0.3, -0.25) is 0 Å². The largest absolute Gasteiger partial charge is 0.484 e. The fourth-order valence-corrected chi connectivity index (χ4v) is 8.74. The highest BCUT2D eigenvalue weighted by atomic mass is 16.5. The zero-order chi connectivity index (χ0) is 33.5. The minimum atomic E-state index is -0.183. The third kappa shape index (κ3) is 4.13. The number of hydrogen-bond acceptors (Lipinski definition) is 5. The molecule has 4 heterocycles. The highest BCUT2D eigenvalue weighted by Crippen LogP contribution is 2.52. The average molecular weight is 658 g/mol. The van der Waals surface area contributed by atoms with Crippen molar-refractivity contribution in [2.75, 3.05) is 4.90 Å². The summed E-state index contributed by atoms with van der Waals surface area (Å²) in [6.45, 7) is 0. The molecule has 6 nitrogen and oxygen atoms in total. The van der Waals surface area contributed by atoms with Crippen molar-refractivity contribution in [2.24, 2.45) is 11.8 Å². The van der Waals surface area contributed by atoms with Gasteiger partial charge in [0.1, 0.15) is 11.9 Å². The molecule has 4 atom stereocenters. The lowest BCUT2D eigenvalue weighted by Gasteiger charge is -2.29.